The number of allylic oxidation sites excluding steroid dienone is 2. The predicted octanol–water partition coefficient (Wildman–Crippen LogP) is 4.55. The van der Waals surface area contributed by atoms with Crippen LogP contribution in [0.25, 0.3) is 0 Å². The third-order valence-electron chi connectivity index (χ3n) is 8.26. The van der Waals surface area contributed by atoms with Gasteiger partial charge in [0.25, 0.3) is 0 Å². The van der Waals surface area contributed by atoms with E-state index in [9.17, 15) is 19.5 Å². The van der Waals surface area contributed by atoms with Crippen LogP contribution in [0.15, 0.2) is 97.1 Å². The molecule has 2 heterocycles. The molecule has 3 aromatic carbocycles. The molecule has 2 N–H and O–H groups in total. The van der Waals surface area contributed by atoms with E-state index in [0.29, 0.717) is 32.2 Å². The molecule has 3 aromatic rings. The molecule has 2 amide bonds. The molecule has 0 saturated heterocycles. The van der Waals surface area contributed by atoms with Crippen molar-refractivity contribution < 1.29 is 24.2 Å². The Morgan fingerprint density at radius 2 is 1.50 bits per heavy atom. The van der Waals surface area contributed by atoms with Gasteiger partial charge in [-0.15, -0.1) is 0 Å². The van der Waals surface area contributed by atoms with Crippen molar-refractivity contribution in [2.24, 2.45) is 11.8 Å². The van der Waals surface area contributed by atoms with E-state index < -0.39 is 12.0 Å². The fourth-order valence-corrected chi connectivity index (χ4v) is 5.82. The first-order valence-electron chi connectivity index (χ1n) is 14.7. The smallest absolute Gasteiger partial charge is 0.309 e. The molecule has 7 nitrogen and oxygen atoms in total. The van der Waals surface area contributed by atoms with E-state index in [1.165, 1.54) is 0 Å². The Morgan fingerprint density at radius 3 is 2.21 bits per heavy atom. The second-order valence-corrected chi connectivity index (χ2v) is 11.2. The minimum atomic E-state index is -0.612. The van der Waals surface area contributed by atoms with Gasteiger partial charge in [0.05, 0.1) is 30.5 Å². The van der Waals surface area contributed by atoms with Gasteiger partial charge in [-0.2, -0.15) is 0 Å². The van der Waals surface area contributed by atoms with E-state index in [1.807, 2.05) is 97.1 Å². The minimum absolute atomic E-state index is 0.000245. The van der Waals surface area contributed by atoms with Gasteiger partial charge in [0, 0.05) is 13.0 Å². The number of cyclic esters (lactones) is 1. The van der Waals surface area contributed by atoms with Gasteiger partial charge >= 0.3 is 5.97 Å². The van der Waals surface area contributed by atoms with Crippen LogP contribution in [-0.2, 0) is 38.5 Å². The van der Waals surface area contributed by atoms with E-state index in [2.05, 4.69) is 5.32 Å². The van der Waals surface area contributed by atoms with E-state index in [0.717, 1.165) is 22.3 Å². The zero-order chi connectivity index (χ0) is 29.3. The summed E-state index contributed by atoms with van der Waals surface area (Å²) in [7, 11) is 0. The van der Waals surface area contributed by atoms with Gasteiger partial charge in [-0.1, -0.05) is 97.1 Å². The van der Waals surface area contributed by atoms with E-state index in [-0.39, 0.29) is 49.4 Å². The van der Waals surface area contributed by atoms with Crippen molar-refractivity contribution in [1.29, 1.82) is 0 Å². The number of aliphatic hydroxyl groups is 1. The SMILES string of the molecule is O=C1N[C@H](c2ccccc2)COC(=O)[C@H](Cc2ccccc2)CC=CC[C@@H]1CC(=O)N1Cc2ccccc2C[C@H]1CO. The van der Waals surface area contributed by atoms with Crippen LogP contribution < -0.4 is 5.32 Å². The van der Waals surface area contributed by atoms with Gasteiger partial charge in [-0.25, -0.2) is 0 Å². The van der Waals surface area contributed by atoms with Crippen LogP contribution in [0.2, 0.25) is 0 Å². The highest BCUT2D eigenvalue weighted by Crippen LogP contribution is 2.26. The molecule has 0 radical (unpaired) electrons. The normalized spacial score (nSPS) is 23.1. The van der Waals surface area contributed by atoms with Crippen molar-refractivity contribution in [1.82, 2.24) is 10.2 Å². The van der Waals surface area contributed by atoms with Gasteiger partial charge in [-0.3, -0.25) is 14.4 Å². The molecule has 0 aliphatic carbocycles. The Labute approximate surface area is 247 Å². The molecular weight excluding hydrogens is 528 g/mol. The Kier molecular flexibility index (Phi) is 9.82. The third-order valence-corrected chi connectivity index (χ3v) is 8.26. The summed E-state index contributed by atoms with van der Waals surface area (Å²) in [6.07, 6.45) is 5.80. The second-order valence-electron chi connectivity index (χ2n) is 11.2. The Morgan fingerprint density at radius 1 is 0.857 bits per heavy atom. The number of ether oxygens (including phenoxy) is 1. The molecule has 2 aliphatic rings. The van der Waals surface area contributed by atoms with Crippen molar-refractivity contribution in [3.8, 4) is 0 Å². The summed E-state index contributed by atoms with van der Waals surface area (Å²) < 4.78 is 5.80. The summed E-state index contributed by atoms with van der Waals surface area (Å²) in [6.45, 7) is 0.273. The number of nitrogens with one attached hydrogen (secondary N) is 1. The molecule has 0 aromatic heterocycles. The summed E-state index contributed by atoms with van der Waals surface area (Å²) in [6, 6.07) is 26.4. The highest BCUT2D eigenvalue weighted by Gasteiger charge is 2.33. The van der Waals surface area contributed by atoms with Crippen LogP contribution in [-0.4, -0.2) is 47.0 Å². The number of nitrogens with zero attached hydrogens (tertiary/aromatic N) is 1. The quantitative estimate of drug-likeness (QED) is 0.337. The Bertz CT molecular complexity index is 1390. The van der Waals surface area contributed by atoms with Crippen LogP contribution in [0.1, 0.15) is 47.6 Å². The summed E-state index contributed by atoms with van der Waals surface area (Å²) in [4.78, 5) is 42.2. The number of benzene rings is 3. The van der Waals surface area contributed by atoms with E-state index in [1.54, 1.807) is 4.90 Å². The number of carbonyl (C=O) groups excluding carboxylic acids is 3. The van der Waals surface area contributed by atoms with Crippen LogP contribution in [0.3, 0.4) is 0 Å². The van der Waals surface area contributed by atoms with Crippen molar-refractivity contribution in [2.75, 3.05) is 13.2 Å². The number of esters is 1. The lowest BCUT2D eigenvalue weighted by Gasteiger charge is -2.36. The van der Waals surface area contributed by atoms with Crippen LogP contribution in [0, 0.1) is 11.8 Å². The maximum Gasteiger partial charge on any atom is 0.309 e. The lowest BCUT2D eigenvalue weighted by Crippen LogP contribution is -2.47. The molecule has 0 bridgehead atoms. The largest absolute Gasteiger partial charge is 0.463 e. The zero-order valence-electron chi connectivity index (χ0n) is 23.7. The van der Waals surface area contributed by atoms with Gasteiger partial charge in [0.15, 0.2) is 0 Å². The molecule has 0 spiro atoms. The average Bonchev–Trinajstić information content (AvgIpc) is 3.03. The summed E-state index contributed by atoms with van der Waals surface area (Å²) >= 11 is 0. The number of aliphatic hydroxyl groups excluding tert-OH is 1. The molecular formula is C35H38N2O5. The van der Waals surface area contributed by atoms with Gasteiger partial charge in [0.1, 0.15) is 6.61 Å². The predicted molar refractivity (Wildman–Crippen MR) is 160 cm³/mol. The highest BCUT2D eigenvalue weighted by molar-refractivity contribution is 5.86. The van der Waals surface area contributed by atoms with Crippen molar-refractivity contribution in [2.45, 2.75) is 50.7 Å². The molecule has 218 valence electrons. The lowest BCUT2D eigenvalue weighted by atomic mass is 9.91. The van der Waals surface area contributed by atoms with Crippen molar-refractivity contribution in [3.63, 3.8) is 0 Å². The number of fused-ring (bicyclic) bond motifs is 1. The van der Waals surface area contributed by atoms with Gasteiger partial charge < -0.3 is 20.1 Å². The lowest BCUT2D eigenvalue weighted by molar-refractivity contribution is -0.150. The molecule has 5 rings (SSSR count). The van der Waals surface area contributed by atoms with Crippen LogP contribution in [0.5, 0.6) is 0 Å². The number of hydrogen-bond acceptors (Lipinski definition) is 5. The molecule has 7 heteroatoms. The van der Waals surface area contributed by atoms with Crippen LogP contribution in [0.4, 0.5) is 0 Å². The molecule has 0 saturated carbocycles. The maximum absolute atomic E-state index is 13.7. The Balaban J connectivity index is 1.36. The molecule has 42 heavy (non-hydrogen) atoms. The van der Waals surface area contributed by atoms with E-state index >= 15 is 0 Å². The second kappa shape index (κ2) is 14.1. The summed E-state index contributed by atoms with van der Waals surface area (Å²) in [5.41, 5.74) is 4.08. The van der Waals surface area contributed by atoms with Crippen molar-refractivity contribution >= 4 is 17.8 Å². The minimum Gasteiger partial charge on any atom is -0.463 e. The first kappa shape index (κ1) is 29.3. The Hall–Kier alpha value is -4.23. The first-order chi connectivity index (χ1) is 20.5. The standard InChI is InChI=1S/C35H38N2O5/c38-23-31-20-27-15-7-10-18-30(27)22-37(31)33(39)21-28-16-8-9-17-29(19-25-11-3-1-4-12-25)35(41)42-24-32(36-34(28)40)26-13-5-2-6-14-26/h1-15,18,28-29,31-32,38H,16-17,19-24H2,(H,36,40)/t28-,29+,31+,32+/m1/s1. The zero-order valence-corrected chi connectivity index (χ0v) is 23.7. The average molecular weight is 567 g/mol. The molecule has 4 atom stereocenters. The summed E-state index contributed by atoms with van der Waals surface area (Å²) in [5.74, 6) is -1.70. The fourth-order valence-electron chi connectivity index (χ4n) is 5.82. The molecule has 2 aliphatic heterocycles. The first-order valence-corrected chi connectivity index (χ1v) is 14.7. The highest BCUT2D eigenvalue weighted by atomic mass is 16.5. The monoisotopic (exact) mass is 566 g/mol. The van der Waals surface area contributed by atoms with Gasteiger partial charge in [0.2, 0.25) is 11.8 Å². The third kappa shape index (κ3) is 7.34. The molecule has 0 fully saturated rings. The number of rotatable bonds is 6. The van der Waals surface area contributed by atoms with E-state index in [4.69, 9.17) is 4.74 Å². The van der Waals surface area contributed by atoms with Crippen LogP contribution >= 0.6 is 0 Å². The van der Waals surface area contributed by atoms with Gasteiger partial charge in [-0.05, 0) is 47.9 Å². The fraction of sp³-hybridized carbons (Fsp3) is 0.343. The number of carbonyl (C=O) groups is 3. The molecule has 0 unspecified atom stereocenters. The number of hydrogen-bond donors (Lipinski definition) is 2. The topological polar surface area (TPSA) is 95.9 Å². The number of amides is 2. The maximum atomic E-state index is 13.7. The summed E-state index contributed by atoms with van der Waals surface area (Å²) in [5, 5.41) is 13.2. The van der Waals surface area contributed by atoms with Crippen molar-refractivity contribution in [3.05, 3.63) is 119 Å².